The van der Waals surface area contributed by atoms with Crippen LogP contribution < -0.4 is 10.6 Å². The number of nitrogens with zero attached hydrogens (tertiary/aromatic N) is 2. The third kappa shape index (κ3) is 4.66. The van der Waals surface area contributed by atoms with Crippen LogP contribution in [0.5, 0.6) is 0 Å². The molecule has 0 atom stereocenters. The van der Waals surface area contributed by atoms with Crippen LogP contribution in [0.4, 0.5) is 11.5 Å². The van der Waals surface area contributed by atoms with Crippen molar-refractivity contribution in [3.8, 4) is 11.3 Å². The highest BCUT2D eigenvalue weighted by Gasteiger charge is 2.15. The van der Waals surface area contributed by atoms with E-state index in [1.54, 1.807) is 84.5 Å². The molecule has 1 aromatic heterocycles. The van der Waals surface area contributed by atoms with Crippen LogP contribution in [0.15, 0.2) is 78.9 Å². The van der Waals surface area contributed by atoms with E-state index >= 15 is 0 Å². The van der Waals surface area contributed by atoms with Gasteiger partial charge in [0.1, 0.15) is 5.82 Å². The molecule has 0 aliphatic heterocycles. The Morgan fingerprint density at radius 1 is 0.812 bits per heavy atom. The molecule has 0 aliphatic carbocycles. The lowest BCUT2D eigenvalue weighted by Gasteiger charge is -2.08. The van der Waals surface area contributed by atoms with Gasteiger partial charge in [0.2, 0.25) is 0 Å². The van der Waals surface area contributed by atoms with Crippen molar-refractivity contribution < 1.29 is 9.59 Å². The monoisotopic (exact) mass is 464 g/mol. The maximum absolute atomic E-state index is 12.5. The van der Waals surface area contributed by atoms with E-state index < -0.39 is 0 Å². The minimum absolute atomic E-state index is 0.233. The lowest BCUT2D eigenvalue weighted by atomic mass is 10.1. The van der Waals surface area contributed by atoms with E-state index in [0.717, 1.165) is 0 Å². The van der Waals surface area contributed by atoms with Crippen molar-refractivity contribution >= 4 is 46.5 Å². The predicted molar refractivity (Wildman–Crippen MR) is 127 cm³/mol. The highest BCUT2D eigenvalue weighted by molar-refractivity contribution is 6.35. The van der Waals surface area contributed by atoms with Crippen molar-refractivity contribution in [3.63, 3.8) is 0 Å². The lowest BCUT2D eigenvalue weighted by Crippen LogP contribution is -2.14. The molecular weight excluding hydrogens is 447 g/mol. The van der Waals surface area contributed by atoms with E-state index in [9.17, 15) is 9.59 Å². The number of aromatic nitrogens is 2. The largest absolute Gasteiger partial charge is 0.322 e. The first-order valence-electron chi connectivity index (χ1n) is 9.68. The first kappa shape index (κ1) is 21.6. The summed E-state index contributed by atoms with van der Waals surface area (Å²) in [5.74, 6) is -0.0342. The van der Waals surface area contributed by atoms with Crippen LogP contribution in [-0.4, -0.2) is 21.6 Å². The Morgan fingerprint density at radius 2 is 1.53 bits per heavy atom. The van der Waals surface area contributed by atoms with Gasteiger partial charge in [-0.3, -0.25) is 14.3 Å². The first-order chi connectivity index (χ1) is 15.4. The van der Waals surface area contributed by atoms with Gasteiger partial charge in [-0.1, -0.05) is 53.5 Å². The zero-order chi connectivity index (χ0) is 22.7. The Balaban J connectivity index is 1.52. The molecule has 6 nitrogen and oxygen atoms in total. The highest BCUT2D eigenvalue weighted by atomic mass is 35.5. The second kappa shape index (κ2) is 9.26. The van der Waals surface area contributed by atoms with Gasteiger partial charge in [-0.05, 0) is 42.5 Å². The number of aryl methyl sites for hydroxylation is 1. The van der Waals surface area contributed by atoms with Crippen molar-refractivity contribution in [1.82, 2.24) is 9.78 Å². The number of anilines is 2. The van der Waals surface area contributed by atoms with Crippen molar-refractivity contribution in [3.05, 3.63) is 100 Å². The summed E-state index contributed by atoms with van der Waals surface area (Å²) in [6, 6.07) is 22.6. The number of rotatable bonds is 5. The number of nitrogens with one attached hydrogen (secondary N) is 2. The van der Waals surface area contributed by atoms with Crippen molar-refractivity contribution in [2.75, 3.05) is 10.6 Å². The summed E-state index contributed by atoms with van der Waals surface area (Å²) in [6.45, 7) is 0. The smallest absolute Gasteiger partial charge is 0.257 e. The lowest BCUT2D eigenvalue weighted by molar-refractivity contribution is 0.101. The van der Waals surface area contributed by atoms with E-state index in [-0.39, 0.29) is 11.8 Å². The molecule has 4 aromatic rings. The second-order valence-electron chi connectivity index (χ2n) is 6.99. The molecule has 4 rings (SSSR count). The summed E-state index contributed by atoms with van der Waals surface area (Å²) < 4.78 is 1.57. The van der Waals surface area contributed by atoms with Gasteiger partial charge in [0.15, 0.2) is 0 Å². The molecule has 2 amide bonds. The average molecular weight is 465 g/mol. The molecule has 0 spiro atoms. The van der Waals surface area contributed by atoms with Crippen LogP contribution in [0.1, 0.15) is 20.7 Å². The van der Waals surface area contributed by atoms with Gasteiger partial charge >= 0.3 is 0 Å². The summed E-state index contributed by atoms with van der Waals surface area (Å²) in [7, 11) is 1.73. The molecule has 1 heterocycles. The molecule has 160 valence electrons. The zero-order valence-electron chi connectivity index (χ0n) is 17.0. The molecule has 2 N–H and O–H groups in total. The SMILES string of the molecule is Cn1nc(-c2ccc(NC(=O)c3ccccc3Cl)cc2Cl)cc1NC(=O)c1ccccc1. The maximum Gasteiger partial charge on any atom is 0.257 e. The number of hydrogen-bond donors (Lipinski definition) is 2. The van der Waals surface area contributed by atoms with Gasteiger partial charge in [0, 0.05) is 29.9 Å². The van der Waals surface area contributed by atoms with Crippen molar-refractivity contribution in [2.45, 2.75) is 0 Å². The van der Waals surface area contributed by atoms with Crippen LogP contribution in [0.25, 0.3) is 11.3 Å². The van der Waals surface area contributed by atoms with Crippen LogP contribution in [0.3, 0.4) is 0 Å². The quantitative estimate of drug-likeness (QED) is 0.386. The average Bonchev–Trinajstić information content (AvgIpc) is 3.14. The summed E-state index contributed by atoms with van der Waals surface area (Å²) in [5.41, 5.74) is 2.70. The zero-order valence-corrected chi connectivity index (χ0v) is 18.5. The van der Waals surface area contributed by atoms with Crippen LogP contribution in [-0.2, 0) is 7.05 Å². The number of hydrogen-bond acceptors (Lipinski definition) is 3. The molecule has 32 heavy (non-hydrogen) atoms. The highest BCUT2D eigenvalue weighted by Crippen LogP contribution is 2.31. The Hall–Kier alpha value is -3.61. The fourth-order valence-electron chi connectivity index (χ4n) is 3.14. The number of carbonyl (C=O) groups is 2. The minimum atomic E-state index is -0.330. The van der Waals surface area contributed by atoms with E-state index in [1.165, 1.54) is 0 Å². The number of benzene rings is 3. The van der Waals surface area contributed by atoms with E-state index in [1.807, 2.05) is 6.07 Å². The Labute approximate surface area is 194 Å². The first-order valence-corrected chi connectivity index (χ1v) is 10.4. The number of amides is 2. The molecule has 0 unspecified atom stereocenters. The molecule has 0 radical (unpaired) electrons. The third-order valence-corrected chi connectivity index (χ3v) is 5.42. The molecule has 0 bridgehead atoms. The van der Waals surface area contributed by atoms with Gasteiger partial charge in [-0.15, -0.1) is 0 Å². The molecular formula is C24H18Cl2N4O2. The van der Waals surface area contributed by atoms with Crippen molar-refractivity contribution in [1.29, 1.82) is 0 Å². The van der Waals surface area contributed by atoms with Crippen LogP contribution in [0.2, 0.25) is 10.0 Å². The topological polar surface area (TPSA) is 76.0 Å². The second-order valence-corrected chi connectivity index (χ2v) is 7.80. The fraction of sp³-hybridized carbons (Fsp3) is 0.0417. The number of halogens is 2. The molecule has 0 aliphatic rings. The molecule has 3 aromatic carbocycles. The van der Waals surface area contributed by atoms with E-state index in [2.05, 4.69) is 15.7 Å². The maximum atomic E-state index is 12.5. The van der Waals surface area contributed by atoms with Gasteiger partial charge in [0.25, 0.3) is 11.8 Å². The van der Waals surface area contributed by atoms with Crippen LogP contribution >= 0.6 is 23.2 Å². The van der Waals surface area contributed by atoms with E-state index in [4.69, 9.17) is 23.2 Å². The fourth-order valence-corrected chi connectivity index (χ4v) is 3.64. The van der Waals surface area contributed by atoms with Crippen molar-refractivity contribution in [2.24, 2.45) is 7.05 Å². The summed E-state index contributed by atoms with van der Waals surface area (Å²) in [4.78, 5) is 24.9. The minimum Gasteiger partial charge on any atom is -0.322 e. The van der Waals surface area contributed by atoms with Gasteiger partial charge in [0.05, 0.1) is 21.3 Å². The van der Waals surface area contributed by atoms with Gasteiger partial charge in [-0.2, -0.15) is 5.10 Å². The molecule has 0 saturated heterocycles. The normalized spacial score (nSPS) is 10.6. The third-order valence-electron chi connectivity index (χ3n) is 4.78. The van der Waals surface area contributed by atoms with Crippen LogP contribution in [0, 0.1) is 0 Å². The summed E-state index contributed by atoms with van der Waals surface area (Å²) >= 11 is 12.6. The van der Waals surface area contributed by atoms with E-state index in [0.29, 0.717) is 43.9 Å². The summed E-state index contributed by atoms with van der Waals surface area (Å²) in [5, 5.41) is 10.9. The Bertz CT molecular complexity index is 1300. The Kier molecular flexibility index (Phi) is 6.25. The Morgan fingerprint density at radius 3 is 2.25 bits per heavy atom. The molecule has 8 heteroatoms. The van der Waals surface area contributed by atoms with Gasteiger partial charge < -0.3 is 10.6 Å². The number of carbonyl (C=O) groups excluding carboxylic acids is 2. The molecule has 0 saturated carbocycles. The summed E-state index contributed by atoms with van der Waals surface area (Å²) in [6.07, 6.45) is 0. The predicted octanol–water partition coefficient (Wildman–Crippen LogP) is 5.90. The molecule has 0 fully saturated rings. The van der Waals surface area contributed by atoms with Gasteiger partial charge in [-0.25, -0.2) is 0 Å². The standard InChI is InChI=1S/C24H18Cl2N4O2/c1-30-22(28-23(31)15-7-3-2-4-8-15)14-21(29-30)17-12-11-16(13-20(17)26)27-24(32)18-9-5-6-10-19(18)25/h2-14H,1H3,(H,27,32)(H,28,31).